The maximum atomic E-state index is 12.8. The number of piperidine rings is 1. The van der Waals surface area contributed by atoms with E-state index < -0.39 is 0 Å². The summed E-state index contributed by atoms with van der Waals surface area (Å²) >= 11 is 0. The van der Waals surface area contributed by atoms with E-state index in [1.807, 2.05) is 0 Å². The zero-order valence-corrected chi connectivity index (χ0v) is 18.5. The highest BCUT2D eigenvalue weighted by atomic mass is 35.5. The van der Waals surface area contributed by atoms with Crippen LogP contribution in [0, 0.1) is 11.3 Å². The molecule has 2 atom stereocenters. The van der Waals surface area contributed by atoms with Crippen LogP contribution in [0.4, 0.5) is 0 Å². The molecule has 4 rings (SSSR count). The standard InChI is InChI=1S/C22H33N3O.2ClH/c1-17(18-7-3-2-4-8-18)25-22(9-5-6-10-22)16-24-20(26)19-15-21(19)11-13-23-14-12-21;;/h2-4,7-8,17,19,23,25H,5-6,9-16H2,1H3,(H,24,26);2*1H. The summed E-state index contributed by atoms with van der Waals surface area (Å²) in [6, 6.07) is 10.9. The van der Waals surface area contributed by atoms with Gasteiger partial charge in [-0.2, -0.15) is 0 Å². The number of carbonyl (C=O) groups is 1. The minimum absolute atomic E-state index is 0. The first-order valence-corrected chi connectivity index (χ1v) is 10.4. The first-order valence-electron chi connectivity index (χ1n) is 10.4. The molecule has 3 fully saturated rings. The second-order valence-electron chi connectivity index (χ2n) is 8.85. The average Bonchev–Trinajstić information content (AvgIpc) is 3.16. The Bertz CT molecular complexity index is 628. The lowest BCUT2D eigenvalue weighted by Crippen LogP contribution is -2.52. The molecular formula is C22H35Cl2N3O. The fourth-order valence-corrected chi connectivity index (χ4v) is 5.28. The number of hydrogen-bond acceptors (Lipinski definition) is 3. The van der Waals surface area contributed by atoms with Crippen molar-refractivity contribution in [1.82, 2.24) is 16.0 Å². The number of carbonyl (C=O) groups excluding carboxylic acids is 1. The molecule has 3 aliphatic rings. The molecule has 2 aliphatic carbocycles. The van der Waals surface area contributed by atoms with Crippen molar-refractivity contribution in [3.05, 3.63) is 35.9 Å². The molecule has 1 amide bonds. The Balaban J connectivity index is 0.00000140. The molecule has 28 heavy (non-hydrogen) atoms. The zero-order valence-electron chi connectivity index (χ0n) is 16.8. The highest BCUT2D eigenvalue weighted by Crippen LogP contribution is 2.58. The van der Waals surface area contributed by atoms with Gasteiger partial charge in [0.05, 0.1) is 0 Å². The summed E-state index contributed by atoms with van der Waals surface area (Å²) < 4.78 is 0. The number of rotatable bonds is 6. The van der Waals surface area contributed by atoms with Crippen LogP contribution in [0.15, 0.2) is 30.3 Å². The van der Waals surface area contributed by atoms with Crippen molar-refractivity contribution >= 4 is 30.7 Å². The van der Waals surface area contributed by atoms with Gasteiger partial charge in [-0.3, -0.25) is 4.79 Å². The van der Waals surface area contributed by atoms with Crippen molar-refractivity contribution in [2.75, 3.05) is 19.6 Å². The third-order valence-electron chi connectivity index (χ3n) is 7.09. The molecule has 6 heteroatoms. The Hall–Kier alpha value is -0.810. The Morgan fingerprint density at radius 1 is 1.11 bits per heavy atom. The van der Waals surface area contributed by atoms with Crippen LogP contribution in [-0.4, -0.2) is 31.1 Å². The molecule has 1 saturated heterocycles. The van der Waals surface area contributed by atoms with Crippen LogP contribution in [0.2, 0.25) is 0 Å². The normalized spacial score (nSPS) is 25.2. The predicted molar refractivity (Wildman–Crippen MR) is 119 cm³/mol. The van der Waals surface area contributed by atoms with Gasteiger partial charge in [-0.05, 0) is 63.1 Å². The minimum Gasteiger partial charge on any atom is -0.354 e. The highest BCUT2D eigenvalue weighted by molar-refractivity contribution is 5.85. The smallest absolute Gasteiger partial charge is 0.223 e. The van der Waals surface area contributed by atoms with Gasteiger partial charge in [0.25, 0.3) is 0 Å². The second-order valence-corrected chi connectivity index (χ2v) is 8.85. The maximum absolute atomic E-state index is 12.8. The van der Waals surface area contributed by atoms with E-state index in [0.29, 0.717) is 17.4 Å². The number of halogens is 2. The van der Waals surface area contributed by atoms with E-state index in [-0.39, 0.29) is 36.3 Å². The number of amides is 1. The van der Waals surface area contributed by atoms with Crippen molar-refractivity contribution in [2.24, 2.45) is 11.3 Å². The summed E-state index contributed by atoms with van der Waals surface area (Å²) in [4.78, 5) is 12.8. The fourth-order valence-electron chi connectivity index (χ4n) is 5.28. The minimum atomic E-state index is 0. The van der Waals surface area contributed by atoms with Gasteiger partial charge in [0.2, 0.25) is 5.91 Å². The Morgan fingerprint density at radius 3 is 2.39 bits per heavy atom. The van der Waals surface area contributed by atoms with Gasteiger partial charge in [0.15, 0.2) is 0 Å². The third-order valence-corrected chi connectivity index (χ3v) is 7.09. The Kier molecular flexibility index (Phi) is 8.21. The number of nitrogens with one attached hydrogen (secondary N) is 3. The van der Waals surface area contributed by atoms with Crippen molar-refractivity contribution in [3.8, 4) is 0 Å². The molecule has 1 spiro atoms. The van der Waals surface area contributed by atoms with E-state index in [1.165, 1.54) is 31.2 Å². The summed E-state index contributed by atoms with van der Waals surface area (Å²) in [5, 5.41) is 10.6. The van der Waals surface area contributed by atoms with Gasteiger partial charge in [0, 0.05) is 24.0 Å². The Morgan fingerprint density at radius 2 is 1.75 bits per heavy atom. The van der Waals surface area contributed by atoms with E-state index in [9.17, 15) is 4.79 Å². The van der Waals surface area contributed by atoms with E-state index in [4.69, 9.17) is 0 Å². The van der Waals surface area contributed by atoms with Crippen LogP contribution in [0.1, 0.15) is 63.5 Å². The van der Waals surface area contributed by atoms with Gasteiger partial charge in [-0.15, -0.1) is 24.8 Å². The molecule has 0 bridgehead atoms. The van der Waals surface area contributed by atoms with E-state index in [2.05, 4.69) is 53.2 Å². The van der Waals surface area contributed by atoms with E-state index in [0.717, 1.165) is 38.9 Å². The maximum Gasteiger partial charge on any atom is 0.223 e. The number of benzene rings is 1. The van der Waals surface area contributed by atoms with Crippen LogP contribution < -0.4 is 16.0 Å². The molecular weight excluding hydrogens is 393 g/mol. The molecule has 0 aromatic heterocycles. The topological polar surface area (TPSA) is 53.2 Å². The summed E-state index contributed by atoms with van der Waals surface area (Å²) in [5.74, 6) is 0.557. The molecule has 0 radical (unpaired) electrons. The van der Waals surface area contributed by atoms with Crippen LogP contribution in [0.3, 0.4) is 0 Å². The lowest BCUT2D eigenvalue weighted by molar-refractivity contribution is -0.123. The molecule has 158 valence electrons. The SMILES string of the molecule is CC(NC1(CNC(=O)C2CC23CCNCC3)CCCC1)c1ccccc1.Cl.Cl. The molecule has 1 aliphatic heterocycles. The van der Waals surface area contributed by atoms with Gasteiger partial charge in [-0.1, -0.05) is 43.2 Å². The predicted octanol–water partition coefficient (Wildman–Crippen LogP) is 4.00. The highest BCUT2D eigenvalue weighted by Gasteiger charge is 2.57. The van der Waals surface area contributed by atoms with E-state index in [1.54, 1.807) is 0 Å². The van der Waals surface area contributed by atoms with E-state index >= 15 is 0 Å². The summed E-state index contributed by atoms with van der Waals surface area (Å²) in [5.41, 5.74) is 1.70. The van der Waals surface area contributed by atoms with Crippen LogP contribution in [0.5, 0.6) is 0 Å². The zero-order chi connectivity index (χ0) is 18.0. The second kappa shape index (κ2) is 9.80. The summed E-state index contributed by atoms with van der Waals surface area (Å²) in [6.07, 6.45) is 8.25. The molecule has 1 aromatic carbocycles. The first-order chi connectivity index (χ1) is 12.6. The Labute approximate surface area is 181 Å². The fraction of sp³-hybridized carbons (Fsp3) is 0.682. The average molecular weight is 428 g/mol. The first kappa shape index (κ1) is 23.5. The summed E-state index contributed by atoms with van der Waals surface area (Å²) in [6.45, 7) is 5.16. The molecule has 1 aromatic rings. The van der Waals surface area contributed by atoms with Crippen LogP contribution >= 0.6 is 24.8 Å². The number of hydrogen-bond donors (Lipinski definition) is 3. The molecule has 3 N–H and O–H groups in total. The monoisotopic (exact) mass is 427 g/mol. The quantitative estimate of drug-likeness (QED) is 0.642. The van der Waals surface area contributed by atoms with Crippen molar-refractivity contribution in [2.45, 2.75) is 63.5 Å². The third kappa shape index (κ3) is 5.02. The van der Waals surface area contributed by atoms with Crippen LogP contribution in [-0.2, 0) is 4.79 Å². The molecule has 4 nitrogen and oxygen atoms in total. The lowest BCUT2D eigenvalue weighted by atomic mass is 9.91. The largest absolute Gasteiger partial charge is 0.354 e. The molecule has 1 heterocycles. The molecule has 2 saturated carbocycles. The van der Waals surface area contributed by atoms with Gasteiger partial charge >= 0.3 is 0 Å². The molecule has 2 unspecified atom stereocenters. The van der Waals surface area contributed by atoms with Crippen molar-refractivity contribution in [3.63, 3.8) is 0 Å². The lowest BCUT2D eigenvalue weighted by Gasteiger charge is -2.34. The van der Waals surface area contributed by atoms with Crippen molar-refractivity contribution < 1.29 is 4.79 Å². The summed E-state index contributed by atoms with van der Waals surface area (Å²) in [7, 11) is 0. The van der Waals surface area contributed by atoms with Gasteiger partial charge in [0.1, 0.15) is 0 Å². The van der Waals surface area contributed by atoms with Gasteiger partial charge in [-0.25, -0.2) is 0 Å². The van der Waals surface area contributed by atoms with Crippen LogP contribution in [0.25, 0.3) is 0 Å². The van der Waals surface area contributed by atoms with Gasteiger partial charge < -0.3 is 16.0 Å². The van der Waals surface area contributed by atoms with Crippen molar-refractivity contribution in [1.29, 1.82) is 0 Å².